The molecule has 0 atom stereocenters. The fourth-order valence-corrected chi connectivity index (χ4v) is 4.19. The number of aromatic amines is 1. The van der Waals surface area contributed by atoms with Gasteiger partial charge in [-0.05, 0) is 50.8 Å². The number of nitrogens with one attached hydrogen (secondary N) is 1. The number of nitrogens with zero attached hydrogens (tertiary/aromatic N) is 3. The van der Waals surface area contributed by atoms with Gasteiger partial charge in [0.05, 0.1) is 6.21 Å². The highest BCUT2D eigenvalue weighted by Gasteiger charge is 2.15. The lowest BCUT2D eigenvalue weighted by atomic mass is 9.87. The molecule has 0 aliphatic heterocycles. The Morgan fingerprint density at radius 3 is 2.06 bits per heavy atom. The van der Waals surface area contributed by atoms with Crippen molar-refractivity contribution in [1.82, 2.24) is 14.9 Å². The summed E-state index contributed by atoms with van der Waals surface area (Å²) in [6, 6.07) is 27.4. The number of benzene rings is 4. The molecule has 158 valence electrons. The van der Waals surface area contributed by atoms with E-state index in [9.17, 15) is 0 Å². The summed E-state index contributed by atoms with van der Waals surface area (Å²) < 4.78 is 2.15. The summed E-state index contributed by atoms with van der Waals surface area (Å²) in [5.41, 5.74) is 3.39. The molecule has 0 radical (unpaired) electrons. The van der Waals surface area contributed by atoms with Crippen LogP contribution in [0.1, 0.15) is 31.9 Å². The lowest BCUT2D eigenvalue weighted by Crippen LogP contribution is -2.10. The summed E-state index contributed by atoms with van der Waals surface area (Å²) in [6.45, 7) is 6.62. The van der Waals surface area contributed by atoms with Crippen LogP contribution in [-0.2, 0) is 5.41 Å². The fourth-order valence-electron chi connectivity index (χ4n) is 4.01. The van der Waals surface area contributed by atoms with Crippen LogP contribution in [0, 0.1) is 4.77 Å². The molecule has 1 N–H and O–H groups in total. The highest BCUT2D eigenvalue weighted by atomic mass is 32.1. The molecule has 0 bridgehead atoms. The Morgan fingerprint density at radius 1 is 0.875 bits per heavy atom. The van der Waals surface area contributed by atoms with Crippen LogP contribution in [0.25, 0.3) is 32.9 Å². The van der Waals surface area contributed by atoms with E-state index in [1.54, 1.807) is 4.68 Å². The highest BCUT2D eigenvalue weighted by molar-refractivity contribution is 7.71. The fraction of sp³-hybridized carbons (Fsp3) is 0.148. The molecule has 5 heteroatoms. The monoisotopic (exact) mass is 436 g/mol. The van der Waals surface area contributed by atoms with Crippen LogP contribution < -0.4 is 0 Å². The van der Waals surface area contributed by atoms with Crippen LogP contribution in [0.5, 0.6) is 0 Å². The van der Waals surface area contributed by atoms with Crippen molar-refractivity contribution in [2.24, 2.45) is 5.10 Å². The van der Waals surface area contributed by atoms with Gasteiger partial charge in [0.15, 0.2) is 5.82 Å². The molecular formula is C27H24N4S. The normalized spacial score (nSPS) is 12.2. The molecular weight excluding hydrogens is 412 g/mol. The SMILES string of the molecule is CC(C)(C)c1ccc(-c2n[nH]c(=S)n2N=Cc2c3ccccc3cc3ccccc23)cc1. The van der Waals surface area contributed by atoms with Gasteiger partial charge in [-0.3, -0.25) is 0 Å². The first kappa shape index (κ1) is 20.3. The van der Waals surface area contributed by atoms with Crippen molar-refractivity contribution in [3.8, 4) is 11.4 Å². The molecule has 0 saturated carbocycles. The minimum Gasteiger partial charge on any atom is -0.250 e. The molecule has 4 nitrogen and oxygen atoms in total. The molecule has 0 unspecified atom stereocenters. The third-order valence-corrected chi connectivity index (χ3v) is 6.04. The Morgan fingerprint density at radius 2 is 1.47 bits per heavy atom. The number of hydrogen-bond acceptors (Lipinski definition) is 3. The van der Waals surface area contributed by atoms with E-state index in [-0.39, 0.29) is 5.41 Å². The highest BCUT2D eigenvalue weighted by Crippen LogP contribution is 2.28. The van der Waals surface area contributed by atoms with Gasteiger partial charge in [0.1, 0.15) is 0 Å². The van der Waals surface area contributed by atoms with Crippen LogP contribution >= 0.6 is 12.2 Å². The van der Waals surface area contributed by atoms with E-state index >= 15 is 0 Å². The van der Waals surface area contributed by atoms with Gasteiger partial charge in [0.25, 0.3) is 0 Å². The Hall–Kier alpha value is -3.57. The summed E-state index contributed by atoms with van der Waals surface area (Å²) in [5, 5.41) is 16.8. The number of rotatable bonds is 3. The first-order valence-electron chi connectivity index (χ1n) is 10.6. The summed E-state index contributed by atoms with van der Waals surface area (Å²) in [7, 11) is 0. The summed E-state index contributed by atoms with van der Waals surface area (Å²) in [4.78, 5) is 0. The average Bonchev–Trinajstić information content (AvgIpc) is 3.16. The molecule has 0 saturated heterocycles. The quantitative estimate of drug-likeness (QED) is 0.186. The number of aromatic nitrogens is 3. The van der Waals surface area contributed by atoms with Crippen LogP contribution in [0.2, 0.25) is 0 Å². The Kier molecular flexibility index (Phi) is 4.98. The van der Waals surface area contributed by atoms with Gasteiger partial charge in [-0.1, -0.05) is 93.6 Å². The van der Waals surface area contributed by atoms with E-state index in [2.05, 4.69) is 110 Å². The predicted molar refractivity (Wildman–Crippen MR) is 136 cm³/mol. The van der Waals surface area contributed by atoms with E-state index in [0.717, 1.165) is 21.9 Å². The zero-order chi connectivity index (χ0) is 22.3. The second-order valence-corrected chi connectivity index (χ2v) is 9.36. The second-order valence-electron chi connectivity index (χ2n) is 8.97. The Labute approximate surface area is 192 Å². The predicted octanol–water partition coefficient (Wildman–Crippen LogP) is 7.09. The lowest BCUT2D eigenvalue weighted by molar-refractivity contribution is 0.590. The van der Waals surface area contributed by atoms with Gasteiger partial charge in [0.2, 0.25) is 4.77 Å². The third-order valence-electron chi connectivity index (χ3n) is 5.77. The molecule has 5 aromatic rings. The topological polar surface area (TPSA) is 46.0 Å². The molecule has 0 aliphatic rings. The van der Waals surface area contributed by atoms with Crippen LogP contribution in [0.3, 0.4) is 0 Å². The lowest BCUT2D eigenvalue weighted by Gasteiger charge is -2.18. The summed E-state index contributed by atoms with van der Waals surface area (Å²) in [5.74, 6) is 0.691. The van der Waals surface area contributed by atoms with Crippen molar-refractivity contribution in [3.63, 3.8) is 0 Å². The first-order valence-corrected chi connectivity index (χ1v) is 11.1. The standard InChI is InChI=1S/C27H24N4S/c1-27(2,3)21-14-12-18(13-15-21)25-29-30-26(32)31(25)28-17-24-22-10-6-4-8-19(22)16-20-9-5-7-11-23(20)24/h4-17H,1-3H3,(H,30,32). The number of hydrogen-bond donors (Lipinski definition) is 1. The second kappa shape index (κ2) is 7.84. The summed E-state index contributed by atoms with van der Waals surface area (Å²) in [6.07, 6.45) is 1.89. The van der Waals surface area contributed by atoms with E-state index < -0.39 is 0 Å². The van der Waals surface area contributed by atoms with Gasteiger partial charge >= 0.3 is 0 Å². The number of fused-ring (bicyclic) bond motifs is 2. The van der Waals surface area contributed by atoms with E-state index in [1.807, 2.05) is 6.21 Å². The smallest absolute Gasteiger partial charge is 0.216 e. The van der Waals surface area contributed by atoms with Gasteiger partial charge in [-0.15, -0.1) is 0 Å². The van der Waals surface area contributed by atoms with Crippen molar-refractivity contribution < 1.29 is 0 Å². The van der Waals surface area contributed by atoms with E-state index in [4.69, 9.17) is 17.3 Å². The van der Waals surface area contributed by atoms with Crippen molar-refractivity contribution >= 4 is 40.0 Å². The molecule has 5 rings (SSSR count). The maximum atomic E-state index is 5.50. The molecule has 0 amide bonds. The van der Waals surface area contributed by atoms with Crippen molar-refractivity contribution in [3.05, 3.63) is 94.8 Å². The first-order chi connectivity index (χ1) is 15.4. The third kappa shape index (κ3) is 3.65. The largest absolute Gasteiger partial charge is 0.250 e. The molecule has 1 heterocycles. The maximum absolute atomic E-state index is 5.50. The van der Waals surface area contributed by atoms with E-state index in [1.165, 1.54) is 16.3 Å². The Bertz CT molecular complexity index is 1460. The van der Waals surface area contributed by atoms with Gasteiger partial charge in [-0.25, -0.2) is 5.10 Å². The molecule has 1 aromatic heterocycles. The van der Waals surface area contributed by atoms with Crippen molar-refractivity contribution in [2.45, 2.75) is 26.2 Å². The molecule has 32 heavy (non-hydrogen) atoms. The van der Waals surface area contributed by atoms with Crippen LogP contribution in [0.4, 0.5) is 0 Å². The van der Waals surface area contributed by atoms with Gasteiger partial charge < -0.3 is 0 Å². The van der Waals surface area contributed by atoms with Crippen molar-refractivity contribution in [2.75, 3.05) is 0 Å². The average molecular weight is 437 g/mol. The van der Waals surface area contributed by atoms with Crippen molar-refractivity contribution in [1.29, 1.82) is 0 Å². The zero-order valence-corrected chi connectivity index (χ0v) is 19.1. The van der Waals surface area contributed by atoms with Crippen LogP contribution in [0.15, 0.2) is 84.0 Å². The van der Waals surface area contributed by atoms with E-state index in [0.29, 0.717) is 10.6 Å². The minimum atomic E-state index is 0.0941. The molecule has 0 aliphatic carbocycles. The number of H-pyrrole nitrogens is 1. The minimum absolute atomic E-state index is 0.0941. The maximum Gasteiger partial charge on any atom is 0.216 e. The summed E-state index contributed by atoms with van der Waals surface area (Å²) >= 11 is 5.50. The van der Waals surface area contributed by atoms with Gasteiger partial charge in [-0.2, -0.15) is 14.9 Å². The van der Waals surface area contributed by atoms with Gasteiger partial charge in [0, 0.05) is 11.1 Å². The molecule has 0 fully saturated rings. The molecule has 4 aromatic carbocycles. The molecule has 0 spiro atoms. The zero-order valence-electron chi connectivity index (χ0n) is 18.3. The van der Waals surface area contributed by atoms with Crippen LogP contribution in [-0.4, -0.2) is 21.1 Å². The Balaban J connectivity index is 1.63.